The van der Waals surface area contributed by atoms with Crippen LogP contribution >= 0.6 is 11.3 Å². The summed E-state index contributed by atoms with van der Waals surface area (Å²) in [5.41, 5.74) is 0.694. The van der Waals surface area contributed by atoms with Crippen molar-refractivity contribution in [3.05, 3.63) is 46.7 Å². The van der Waals surface area contributed by atoms with Crippen molar-refractivity contribution in [1.82, 2.24) is 0 Å². The number of ether oxygens (including phenoxy) is 1. The van der Waals surface area contributed by atoms with E-state index in [1.165, 1.54) is 11.3 Å². The van der Waals surface area contributed by atoms with Crippen molar-refractivity contribution in [2.75, 3.05) is 12.4 Å². The van der Waals surface area contributed by atoms with Gasteiger partial charge in [0, 0.05) is 18.5 Å². The molecule has 2 rings (SSSR count). The van der Waals surface area contributed by atoms with Crippen molar-refractivity contribution < 1.29 is 14.3 Å². The van der Waals surface area contributed by atoms with Crippen molar-refractivity contribution in [1.29, 1.82) is 0 Å². The number of carbonyl (C=O) groups is 2. The lowest BCUT2D eigenvalue weighted by atomic mass is 10.2. The van der Waals surface area contributed by atoms with E-state index < -0.39 is 0 Å². The molecule has 1 aromatic carbocycles. The Morgan fingerprint density at radius 2 is 1.90 bits per heavy atom. The van der Waals surface area contributed by atoms with Gasteiger partial charge in [0.2, 0.25) is 5.91 Å². The molecule has 104 valence electrons. The number of methoxy groups -OCH3 is 1. The van der Waals surface area contributed by atoms with Gasteiger partial charge in [0.1, 0.15) is 5.75 Å². The summed E-state index contributed by atoms with van der Waals surface area (Å²) < 4.78 is 5.04. The third-order valence-corrected chi connectivity index (χ3v) is 3.66. The van der Waals surface area contributed by atoms with Crippen molar-refractivity contribution in [3.63, 3.8) is 0 Å². The van der Waals surface area contributed by atoms with E-state index in [9.17, 15) is 9.59 Å². The smallest absolute Gasteiger partial charge is 0.224 e. The van der Waals surface area contributed by atoms with Gasteiger partial charge in [-0.2, -0.15) is 0 Å². The van der Waals surface area contributed by atoms with E-state index in [0.29, 0.717) is 10.6 Å². The van der Waals surface area contributed by atoms with Crippen LogP contribution in [0.15, 0.2) is 41.8 Å². The van der Waals surface area contributed by atoms with Crippen LogP contribution in [0, 0.1) is 0 Å². The normalized spacial score (nSPS) is 10.1. The van der Waals surface area contributed by atoms with Crippen molar-refractivity contribution >= 4 is 28.7 Å². The first-order valence-electron chi connectivity index (χ1n) is 6.19. The molecule has 0 saturated carbocycles. The molecule has 0 atom stereocenters. The number of benzene rings is 1. The van der Waals surface area contributed by atoms with Gasteiger partial charge in [0.05, 0.1) is 12.0 Å². The third kappa shape index (κ3) is 3.93. The Labute approximate surface area is 121 Å². The zero-order valence-corrected chi connectivity index (χ0v) is 11.9. The van der Waals surface area contributed by atoms with Crippen LogP contribution in [-0.4, -0.2) is 18.8 Å². The Balaban J connectivity index is 1.81. The summed E-state index contributed by atoms with van der Waals surface area (Å²) in [4.78, 5) is 24.2. The molecule has 0 bridgehead atoms. The van der Waals surface area contributed by atoms with Crippen molar-refractivity contribution in [2.24, 2.45) is 0 Å². The summed E-state index contributed by atoms with van der Waals surface area (Å²) in [5.74, 6) is 0.570. The molecule has 1 heterocycles. The first-order valence-corrected chi connectivity index (χ1v) is 7.07. The molecule has 20 heavy (non-hydrogen) atoms. The minimum Gasteiger partial charge on any atom is -0.497 e. The van der Waals surface area contributed by atoms with E-state index in [1.807, 2.05) is 11.4 Å². The average molecular weight is 289 g/mol. The molecule has 2 aromatic rings. The largest absolute Gasteiger partial charge is 0.497 e. The molecule has 0 radical (unpaired) electrons. The number of Topliss-reactive ketones (excluding diaryl/α,β-unsaturated/α-hetero) is 1. The summed E-state index contributed by atoms with van der Waals surface area (Å²) in [6, 6.07) is 10.7. The maximum Gasteiger partial charge on any atom is 0.224 e. The van der Waals surface area contributed by atoms with Gasteiger partial charge >= 0.3 is 0 Å². The van der Waals surface area contributed by atoms with Crippen LogP contribution < -0.4 is 10.1 Å². The fourth-order valence-electron chi connectivity index (χ4n) is 1.69. The molecule has 0 fully saturated rings. The lowest BCUT2D eigenvalue weighted by Gasteiger charge is -2.05. The molecular formula is C15H15NO3S. The zero-order valence-electron chi connectivity index (χ0n) is 11.1. The molecule has 1 aromatic heterocycles. The molecule has 0 saturated heterocycles. The highest BCUT2D eigenvalue weighted by Crippen LogP contribution is 2.16. The molecule has 0 aliphatic rings. The predicted molar refractivity (Wildman–Crippen MR) is 79.5 cm³/mol. The highest BCUT2D eigenvalue weighted by Gasteiger charge is 2.10. The van der Waals surface area contributed by atoms with Crippen LogP contribution in [0.4, 0.5) is 5.69 Å². The van der Waals surface area contributed by atoms with Crippen LogP contribution in [0.2, 0.25) is 0 Å². The number of anilines is 1. The minimum absolute atomic E-state index is 0.00452. The highest BCUT2D eigenvalue weighted by atomic mass is 32.1. The molecule has 5 heteroatoms. The Morgan fingerprint density at radius 3 is 2.50 bits per heavy atom. The third-order valence-electron chi connectivity index (χ3n) is 2.75. The standard InChI is InChI=1S/C15H15NO3S/c1-19-12-6-4-11(5-7-12)16-15(18)9-8-13(17)14-3-2-10-20-14/h2-7,10H,8-9H2,1H3,(H,16,18). The van der Waals surface area contributed by atoms with Gasteiger partial charge < -0.3 is 10.1 Å². The van der Waals surface area contributed by atoms with E-state index in [4.69, 9.17) is 4.74 Å². The molecular weight excluding hydrogens is 274 g/mol. The first-order chi connectivity index (χ1) is 9.69. The van der Waals surface area contributed by atoms with Crippen molar-refractivity contribution in [3.8, 4) is 5.75 Å². The monoisotopic (exact) mass is 289 g/mol. The highest BCUT2D eigenvalue weighted by molar-refractivity contribution is 7.12. The van der Waals surface area contributed by atoms with E-state index in [2.05, 4.69) is 5.32 Å². The molecule has 4 nitrogen and oxygen atoms in total. The Hall–Kier alpha value is -2.14. The number of nitrogens with one attached hydrogen (secondary N) is 1. The summed E-state index contributed by atoms with van der Waals surface area (Å²) in [7, 11) is 1.59. The van der Waals surface area contributed by atoms with Crippen LogP contribution in [0.25, 0.3) is 0 Å². The van der Waals surface area contributed by atoms with E-state index >= 15 is 0 Å². The summed E-state index contributed by atoms with van der Waals surface area (Å²) in [6.07, 6.45) is 0.408. The van der Waals surface area contributed by atoms with Gasteiger partial charge in [-0.05, 0) is 35.7 Å². The average Bonchev–Trinajstić information content (AvgIpc) is 3.00. The van der Waals surface area contributed by atoms with Crippen LogP contribution in [-0.2, 0) is 4.79 Å². The summed E-state index contributed by atoms with van der Waals surface area (Å²) in [6.45, 7) is 0. The quantitative estimate of drug-likeness (QED) is 0.830. The number of rotatable bonds is 6. The van der Waals surface area contributed by atoms with Crippen LogP contribution in [0.3, 0.4) is 0 Å². The Bertz CT molecular complexity index is 576. The number of carbonyl (C=O) groups excluding carboxylic acids is 2. The molecule has 0 unspecified atom stereocenters. The van der Waals surface area contributed by atoms with Gasteiger partial charge in [0.25, 0.3) is 0 Å². The van der Waals surface area contributed by atoms with Crippen molar-refractivity contribution in [2.45, 2.75) is 12.8 Å². The number of hydrogen-bond donors (Lipinski definition) is 1. The fourth-order valence-corrected chi connectivity index (χ4v) is 2.38. The number of amides is 1. The SMILES string of the molecule is COc1ccc(NC(=O)CCC(=O)c2cccs2)cc1. The van der Waals surface area contributed by atoms with Gasteiger partial charge in [-0.15, -0.1) is 11.3 Å². The van der Waals surface area contributed by atoms with Gasteiger partial charge in [-0.3, -0.25) is 9.59 Å². The van der Waals surface area contributed by atoms with Gasteiger partial charge in [-0.25, -0.2) is 0 Å². The van der Waals surface area contributed by atoms with Crippen LogP contribution in [0.5, 0.6) is 5.75 Å². The lowest BCUT2D eigenvalue weighted by molar-refractivity contribution is -0.116. The molecule has 0 spiro atoms. The maximum absolute atomic E-state index is 11.8. The van der Waals surface area contributed by atoms with Gasteiger partial charge in [-0.1, -0.05) is 6.07 Å². The number of ketones is 1. The second-order valence-corrected chi connectivity index (χ2v) is 5.12. The van der Waals surface area contributed by atoms with E-state index in [-0.39, 0.29) is 24.5 Å². The minimum atomic E-state index is -0.167. The maximum atomic E-state index is 11.8. The topological polar surface area (TPSA) is 55.4 Å². The molecule has 0 aliphatic heterocycles. The Kier molecular flexibility index (Phi) is 4.90. The first kappa shape index (κ1) is 14.3. The Morgan fingerprint density at radius 1 is 1.15 bits per heavy atom. The lowest BCUT2D eigenvalue weighted by Crippen LogP contribution is -2.13. The van der Waals surface area contributed by atoms with Gasteiger partial charge in [0.15, 0.2) is 5.78 Å². The van der Waals surface area contributed by atoms with E-state index in [1.54, 1.807) is 37.4 Å². The summed E-state index contributed by atoms with van der Waals surface area (Å²) >= 11 is 1.40. The van der Waals surface area contributed by atoms with Crippen LogP contribution in [0.1, 0.15) is 22.5 Å². The zero-order chi connectivity index (χ0) is 14.4. The summed E-state index contributed by atoms with van der Waals surface area (Å²) in [5, 5.41) is 4.60. The fraction of sp³-hybridized carbons (Fsp3) is 0.200. The second kappa shape index (κ2) is 6.86. The number of hydrogen-bond acceptors (Lipinski definition) is 4. The number of thiophene rings is 1. The molecule has 1 N–H and O–H groups in total. The molecule has 0 aliphatic carbocycles. The van der Waals surface area contributed by atoms with E-state index in [0.717, 1.165) is 5.75 Å². The second-order valence-electron chi connectivity index (χ2n) is 4.18. The molecule has 1 amide bonds. The predicted octanol–water partition coefficient (Wildman–Crippen LogP) is 3.36.